The van der Waals surface area contributed by atoms with E-state index in [-0.39, 0.29) is 40.7 Å². The molecule has 0 bridgehead atoms. The fraction of sp³-hybridized carbons (Fsp3) is 0.419. The molecule has 0 N–H and O–H groups in total. The molecular formula is C31H38O11. The summed E-state index contributed by atoms with van der Waals surface area (Å²) in [7, 11) is 10.1. The molecule has 0 radical (unpaired) electrons. The molecule has 0 aliphatic carbocycles. The first kappa shape index (κ1) is 32.1. The maximum Gasteiger partial charge on any atom is 0.343 e. The number of fused-ring (bicyclic) bond motifs is 1. The van der Waals surface area contributed by atoms with Gasteiger partial charge in [0.15, 0.2) is 29.8 Å². The number of carbonyl (C=O) groups excluding carboxylic acids is 2. The number of hydrogen-bond acceptors (Lipinski definition) is 11. The second kappa shape index (κ2) is 14.5. The first-order valence-electron chi connectivity index (χ1n) is 13.3. The molecule has 0 fully saturated rings. The summed E-state index contributed by atoms with van der Waals surface area (Å²) in [4.78, 5) is 27.7. The minimum absolute atomic E-state index is 0.0201. The minimum Gasteiger partial charge on any atom is -0.493 e. The summed E-state index contributed by atoms with van der Waals surface area (Å²) in [5.41, 5.74) is 0.525. The van der Waals surface area contributed by atoms with Gasteiger partial charge in [-0.3, -0.25) is 0 Å². The molecule has 11 heteroatoms. The number of hydrogen-bond donors (Lipinski definition) is 0. The van der Waals surface area contributed by atoms with Crippen LogP contribution in [0.15, 0.2) is 24.3 Å². The second-order valence-electron chi connectivity index (χ2n) is 8.98. The molecule has 3 aromatic rings. The summed E-state index contributed by atoms with van der Waals surface area (Å²) < 4.78 is 50.5. The highest BCUT2D eigenvalue weighted by Gasteiger charge is 2.35. The van der Waals surface area contributed by atoms with Crippen molar-refractivity contribution in [2.75, 3.05) is 56.6 Å². The van der Waals surface area contributed by atoms with Gasteiger partial charge in [-0.1, -0.05) is 19.9 Å². The largest absolute Gasteiger partial charge is 0.493 e. The molecule has 0 amide bonds. The van der Waals surface area contributed by atoms with Gasteiger partial charge in [0.25, 0.3) is 0 Å². The van der Waals surface area contributed by atoms with Crippen molar-refractivity contribution in [3.8, 4) is 45.6 Å². The van der Waals surface area contributed by atoms with Crippen molar-refractivity contribution in [2.45, 2.75) is 32.8 Å². The van der Waals surface area contributed by atoms with Gasteiger partial charge in [-0.15, -0.1) is 0 Å². The van der Waals surface area contributed by atoms with Crippen molar-refractivity contribution >= 4 is 22.7 Å². The van der Waals surface area contributed by atoms with Crippen molar-refractivity contribution in [3.63, 3.8) is 0 Å². The Morgan fingerprint density at radius 3 is 1.86 bits per heavy atom. The van der Waals surface area contributed by atoms with Crippen LogP contribution in [0.2, 0.25) is 0 Å². The van der Waals surface area contributed by atoms with Gasteiger partial charge in [-0.2, -0.15) is 0 Å². The van der Waals surface area contributed by atoms with Crippen LogP contribution in [0.5, 0.6) is 34.5 Å². The van der Waals surface area contributed by atoms with Crippen LogP contribution >= 0.6 is 0 Å². The van der Waals surface area contributed by atoms with Crippen LogP contribution in [0, 0.1) is 0 Å². The van der Waals surface area contributed by atoms with E-state index in [0.717, 1.165) is 0 Å². The third-order valence-corrected chi connectivity index (χ3v) is 6.82. The van der Waals surface area contributed by atoms with Gasteiger partial charge in [-0.25, -0.2) is 9.59 Å². The van der Waals surface area contributed by atoms with E-state index in [2.05, 4.69) is 0 Å². The van der Waals surface area contributed by atoms with E-state index in [1.165, 1.54) is 49.8 Å². The summed E-state index contributed by atoms with van der Waals surface area (Å²) in [5.74, 6) is 0.0761. The van der Waals surface area contributed by atoms with Crippen LogP contribution < -0.4 is 28.4 Å². The first-order valence-corrected chi connectivity index (χ1v) is 13.3. The lowest BCUT2D eigenvalue weighted by Gasteiger charge is -2.25. The lowest BCUT2D eigenvalue weighted by molar-refractivity contribution is 0.0252. The Labute approximate surface area is 245 Å². The molecular weight excluding hydrogens is 548 g/mol. The molecule has 11 nitrogen and oxygen atoms in total. The van der Waals surface area contributed by atoms with Gasteiger partial charge in [0, 0.05) is 23.4 Å². The van der Waals surface area contributed by atoms with Gasteiger partial charge in [0.1, 0.15) is 17.4 Å². The zero-order valence-corrected chi connectivity index (χ0v) is 25.5. The van der Waals surface area contributed by atoms with Crippen molar-refractivity contribution in [3.05, 3.63) is 35.4 Å². The third kappa shape index (κ3) is 5.96. The van der Waals surface area contributed by atoms with Crippen LogP contribution in [0.1, 0.15) is 47.4 Å². The number of ether oxygens (including phenoxy) is 9. The number of carbonyl (C=O) groups is 2. The highest BCUT2D eigenvalue weighted by atomic mass is 16.7. The van der Waals surface area contributed by atoms with Crippen LogP contribution in [0.3, 0.4) is 0 Å². The standard InChI is InChI=1S/C31H38O11/c1-10-18(11-2)42-31(33)26-25(30(32)40-9)23(17-12-13-20(35-4)21(14-17)36-5)24-19(27(26)41-16-34-3)15-22(37-6)28(38-7)29(24)39-8/h12-15,18H,10-11,16H2,1-9H3. The second-order valence-corrected chi connectivity index (χ2v) is 8.98. The smallest absolute Gasteiger partial charge is 0.343 e. The zero-order valence-electron chi connectivity index (χ0n) is 25.5. The average Bonchev–Trinajstić information content (AvgIpc) is 3.03. The Morgan fingerprint density at radius 1 is 0.690 bits per heavy atom. The monoisotopic (exact) mass is 586 g/mol. The number of methoxy groups -OCH3 is 7. The van der Waals surface area contributed by atoms with E-state index < -0.39 is 18.0 Å². The molecule has 3 rings (SSSR count). The highest BCUT2D eigenvalue weighted by Crippen LogP contribution is 2.53. The maximum atomic E-state index is 14.0. The normalized spacial score (nSPS) is 10.8. The van der Waals surface area contributed by atoms with E-state index in [0.29, 0.717) is 46.4 Å². The average molecular weight is 587 g/mol. The SMILES string of the molecule is CCC(CC)OC(=O)c1c(C(=O)OC)c(-c2ccc(OC)c(OC)c2)c2c(OC)c(OC)c(OC)cc2c1OCOC. The van der Waals surface area contributed by atoms with Gasteiger partial charge in [0.05, 0.1) is 48.2 Å². The molecule has 0 saturated carbocycles. The van der Waals surface area contributed by atoms with E-state index in [1.807, 2.05) is 13.8 Å². The Morgan fingerprint density at radius 2 is 1.33 bits per heavy atom. The van der Waals surface area contributed by atoms with Crippen molar-refractivity contribution in [1.29, 1.82) is 0 Å². The molecule has 0 unspecified atom stereocenters. The van der Waals surface area contributed by atoms with Gasteiger partial charge in [-0.05, 0) is 36.6 Å². The summed E-state index contributed by atoms with van der Waals surface area (Å²) in [5, 5.41) is 0.753. The highest BCUT2D eigenvalue weighted by molar-refractivity contribution is 6.20. The molecule has 0 atom stereocenters. The van der Waals surface area contributed by atoms with Crippen molar-refractivity contribution in [1.82, 2.24) is 0 Å². The zero-order chi connectivity index (χ0) is 31.0. The fourth-order valence-electron chi connectivity index (χ4n) is 4.80. The number of benzene rings is 3. The van der Waals surface area contributed by atoms with E-state index in [1.54, 1.807) is 24.3 Å². The van der Waals surface area contributed by atoms with Crippen LogP contribution in [0.25, 0.3) is 21.9 Å². The predicted octanol–water partition coefficient (Wildman–Crippen LogP) is 5.66. The maximum absolute atomic E-state index is 14.0. The van der Waals surface area contributed by atoms with Crippen LogP contribution in [-0.4, -0.2) is 74.6 Å². The molecule has 228 valence electrons. The van der Waals surface area contributed by atoms with E-state index in [9.17, 15) is 9.59 Å². The fourth-order valence-corrected chi connectivity index (χ4v) is 4.80. The molecule has 0 spiro atoms. The molecule has 0 heterocycles. The molecule has 0 aromatic heterocycles. The van der Waals surface area contributed by atoms with E-state index in [4.69, 9.17) is 42.6 Å². The van der Waals surface area contributed by atoms with Crippen molar-refractivity contribution in [2.24, 2.45) is 0 Å². The quantitative estimate of drug-likeness (QED) is 0.172. The summed E-state index contributed by atoms with van der Waals surface area (Å²) in [6, 6.07) is 6.74. The Bertz CT molecular complexity index is 1430. The van der Waals surface area contributed by atoms with Crippen LogP contribution in [-0.2, 0) is 14.2 Å². The number of esters is 2. The van der Waals surface area contributed by atoms with Gasteiger partial charge in [0.2, 0.25) is 5.75 Å². The van der Waals surface area contributed by atoms with Crippen LogP contribution in [0.4, 0.5) is 0 Å². The third-order valence-electron chi connectivity index (χ3n) is 6.82. The molecule has 0 saturated heterocycles. The van der Waals surface area contributed by atoms with E-state index >= 15 is 0 Å². The first-order chi connectivity index (χ1) is 20.3. The number of rotatable bonds is 14. The van der Waals surface area contributed by atoms with Gasteiger partial charge >= 0.3 is 11.9 Å². The Balaban J connectivity index is 2.72. The predicted molar refractivity (Wildman–Crippen MR) is 156 cm³/mol. The summed E-state index contributed by atoms with van der Waals surface area (Å²) >= 11 is 0. The molecule has 0 aliphatic heterocycles. The lowest BCUT2D eigenvalue weighted by Crippen LogP contribution is -2.22. The minimum atomic E-state index is -0.808. The topological polar surface area (TPSA) is 117 Å². The van der Waals surface area contributed by atoms with Gasteiger partial charge < -0.3 is 42.6 Å². The molecule has 3 aromatic carbocycles. The Kier molecular flexibility index (Phi) is 11.1. The molecule has 0 aliphatic rings. The molecule has 42 heavy (non-hydrogen) atoms. The lowest BCUT2D eigenvalue weighted by atomic mass is 9.87. The summed E-state index contributed by atoms with van der Waals surface area (Å²) in [6.07, 6.45) is 0.733. The summed E-state index contributed by atoms with van der Waals surface area (Å²) in [6.45, 7) is 3.57. The Hall–Kier alpha value is -4.38. The van der Waals surface area contributed by atoms with Crippen molar-refractivity contribution < 1.29 is 52.2 Å².